The number of nitrogens with zero attached hydrogens (tertiary/aromatic N) is 2. The van der Waals surface area contributed by atoms with Crippen molar-refractivity contribution in [2.24, 2.45) is 9.98 Å². The summed E-state index contributed by atoms with van der Waals surface area (Å²) in [6.45, 7) is 1.59. The first-order valence-corrected chi connectivity index (χ1v) is 5.68. The van der Waals surface area contributed by atoms with Crippen LogP contribution in [0.4, 0.5) is 0 Å². The van der Waals surface area contributed by atoms with Gasteiger partial charge in [-0.25, -0.2) is 0 Å². The second-order valence-corrected chi connectivity index (χ2v) is 4.02. The standard InChI is InChI=1S/C10H10N4S/c1-2-9-10(12-5-4-11-9)7-3-6-15-14-13-8(1)7/h1-3,6,13-14H,4-5H2. The van der Waals surface area contributed by atoms with E-state index < -0.39 is 0 Å². The largest absolute Gasteiger partial charge is 0.291 e. The maximum Gasteiger partial charge on any atom is 0.0921 e. The molecule has 0 bridgehead atoms. The molecule has 5 heteroatoms. The third-order valence-corrected chi connectivity index (χ3v) is 2.89. The summed E-state index contributed by atoms with van der Waals surface area (Å²) in [5, 5.41) is 8.25. The molecule has 0 unspecified atom stereocenters. The van der Waals surface area contributed by atoms with Crippen LogP contribution in [0.1, 0.15) is 0 Å². The maximum atomic E-state index is 4.53. The van der Waals surface area contributed by atoms with E-state index in [4.69, 9.17) is 0 Å². The van der Waals surface area contributed by atoms with E-state index in [1.165, 1.54) is 11.5 Å². The van der Waals surface area contributed by atoms with Gasteiger partial charge in [0.1, 0.15) is 0 Å². The second-order valence-electron chi connectivity index (χ2n) is 3.31. The molecule has 0 aliphatic carbocycles. The number of aromatic nitrogens is 2. The molecule has 0 saturated carbocycles. The number of nitrogens with one attached hydrogen (secondary N) is 2. The van der Waals surface area contributed by atoms with Crippen LogP contribution in [0.3, 0.4) is 0 Å². The minimum atomic E-state index is 0.790. The first-order chi connectivity index (χ1) is 7.45. The number of benzene rings is 1. The lowest BCUT2D eigenvalue weighted by atomic mass is 10.2. The molecule has 2 heterocycles. The van der Waals surface area contributed by atoms with Gasteiger partial charge in [0.25, 0.3) is 0 Å². The molecule has 0 atom stereocenters. The minimum absolute atomic E-state index is 0.790. The molecule has 2 N–H and O–H groups in total. The van der Waals surface area contributed by atoms with Gasteiger partial charge >= 0.3 is 0 Å². The summed E-state index contributed by atoms with van der Waals surface area (Å²) in [6, 6.07) is 6.10. The highest BCUT2D eigenvalue weighted by Crippen LogP contribution is 2.02. The third kappa shape index (κ3) is 1.45. The van der Waals surface area contributed by atoms with Crippen LogP contribution in [0.15, 0.2) is 33.6 Å². The Labute approximate surface area is 89.8 Å². The number of rotatable bonds is 0. The molecule has 1 aliphatic heterocycles. The lowest BCUT2D eigenvalue weighted by Crippen LogP contribution is -2.30. The van der Waals surface area contributed by atoms with E-state index in [-0.39, 0.29) is 0 Å². The molecule has 1 aromatic carbocycles. The summed E-state index contributed by atoms with van der Waals surface area (Å²) in [5.74, 6) is 0. The van der Waals surface area contributed by atoms with E-state index in [1.807, 2.05) is 17.5 Å². The quantitative estimate of drug-likeness (QED) is 0.661. The summed E-state index contributed by atoms with van der Waals surface area (Å²) < 4.78 is 3.02. The van der Waals surface area contributed by atoms with Gasteiger partial charge in [-0.15, -0.1) is 0 Å². The van der Waals surface area contributed by atoms with Crippen molar-refractivity contribution in [1.82, 2.24) is 9.59 Å². The molecule has 0 amide bonds. The average molecular weight is 218 g/mol. The van der Waals surface area contributed by atoms with Crippen molar-refractivity contribution in [3.63, 3.8) is 0 Å². The second kappa shape index (κ2) is 3.51. The molecule has 0 spiro atoms. The van der Waals surface area contributed by atoms with Crippen molar-refractivity contribution < 1.29 is 0 Å². The Morgan fingerprint density at radius 1 is 1.13 bits per heavy atom. The smallest absolute Gasteiger partial charge is 0.0921 e. The number of hydrogen-bond acceptors (Lipinski definition) is 3. The van der Waals surface area contributed by atoms with Crippen LogP contribution in [0.5, 0.6) is 0 Å². The molecule has 0 saturated heterocycles. The van der Waals surface area contributed by atoms with E-state index in [0.29, 0.717) is 0 Å². The van der Waals surface area contributed by atoms with E-state index in [2.05, 4.69) is 25.6 Å². The van der Waals surface area contributed by atoms with Gasteiger partial charge in [-0.05, 0) is 18.2 Å². The van der Waals surface area contributed by atoms with E-state index in [0.717, 1.165) is 34.7 Å². The molecule has 15 heavy (non-hydrogen) atoms. The molecule has 3 rings (SSSR count). The highest BCUT2D eigenvalue weighted by Gasteiger charge is 2.00. The fourth-order valence-corrected chi connectivity index (χ4v) is 2.16. The molecule has 4 nitrogen and oxygen atoms in total. The van der Waals surface area contributed by atoms with Crippen molar-refractivity contribution in [3.05, 3.63) is 34.3 Å². The van der Waals surface area contributed by atoms with Gasteiger partial charge in [0.15, 0.2) is 0 Å². The van der Waals surface area contributed by atoms with Crippen LogP contribution in [0.2, 0.25) is 0 Å². The normalized spacial score (nSPS) is 13.9. The van der Waals surface area contributed by atoms with Crippen LogP contribution >= 0.6 is 11.5 Å². The summed E-state index contributed by atoms with van der Waals surface area (Å²) in [5.41, 5.74) is 1.05. The van der Waals surface area contributed by atoms with Crippen LogP contribution in [-0.4, -0.2) is 22.7 Å². The summed E-state index contributed by atoms with van der Waals surface area (Å²) in [6.07, 6.45) is 0. The molecule has 1 aliphatic rings. The minimum Gasteiger partial charge on any atom is -0.291 e. The van der Waals surface area contributed by atoms with E-state index >= 15 is 0 Å². The Hall–Kier alpha value is -1.62. The lowest BCUT2D eigenvalue weighted by molar-refractivity contribution is 0.870. The van der Waals surface area contributed by atoms with Gasteiger partial charge < -0.3 is 0 Å². The van der Waals surface area contributed by atoms with Crippen molar-refractivity contribution >= 4 is 22.4 Å². The van der Waals surface area contributed by atoms with Gasteiger partial charge in [-0.2, -0.15) is 0 Å². The number of fused-ring (bicyclic) bond motifs is 3. The lowest BCUT2D eigenvalue weighted by Gasteiger charge is -2.00. The zero-order chi connectivity index (χ0) is 10.1. The molecule has 0 fully saturated rings. The third-order valence-electron chi connectivity index (χ3n) is 2.40. The topological polar surface area (TPSA) is 56.3 Å². The monoisotopic (exact) mass is 218 g/mol. The van der Waals surface area contributed by atoms with Crippen molar-refractivity contribution in [2.45, 2.75) is 0 Å². The fourth-order valence-electron chi connectivity index (χ4n) is 1.72. The summed E-state index contributed by atoms with van der Waals surface area (Å²) in [7, 11) is 0. The maximum absolute atomic E-state index is 4.53. The summed E-state index contributed by atoms with van der Waals surface area (Å²) in [4.78, 5) is 8.98. The highest BCUT2D eigenvalue weighted by molar-refractivity contribution is 7.03. The zero-order valence-electron chi connectivity index (χ0n) is 8.03. The van der Waals surface area contributed by atoms with E-state index in [1.54, 1.807) is 0 Å². The first-order valence-electron chi connectivity index (χ1n) is 4.80. The van der Waals surface area contributed by atoms with E-state index in [9.17, 15) is 0 Å². The number of aromatic amines is 2. The van der Waals surface area contributed by atoms with Crippen LogP contribution in [-0.2, 0) is 0 Å². The van der Waals surface area contributed by atoms with Gasteiger partial charge in [0, 0.05) is 10.8 Å². The van der Waals surface area contributed by atoms with Crippen molar-refractivity contribution in [3.8, 4) is 0 Å². The Morgan fingerprint density at radius 2 is 2.07 bits per heavy atom. The average Bonchev–Trinajstić information content (AvgIpc) is 2.54. The summed E-state index contributed by atoms with van der Waals surface area (Å²) >= 11 is 1.51. The van der Waals surface area contributed by atoms with Crippen molar-refractivity contribution in [1.29, 1.82) is 0 Å². The Morgan fingerprint density at radius 3 is 3.07 bits per heavy atom. The number of H-pyrrole nitrogens is 2. The van der Waals surface area contributed by atoms with Gasteiger partial charge in [0.05, 0.1) is 29.3 Å². The molecule has 0 radical (unpaired) electrons. The van der Waals surface area contributed by atoms with Gasteiger partial charge in [-0.3, -0.25) is 19.6 Å². The molecule has 2 aromatic rings. The molecule has 76 valence electrons. The SMILES string of the molecule is c1cc2c3c(ccc2[nH][nH]s1)=NCCN=3. The first kappa shape index (κ1) is 8.67. The van der Waals surface area contributed by atoms with Crippen LogP contribution in [0, 0.1) is 0 Å². The predicted octanol–water partition coefficient (Wildman–Crippen LogP) is 0.935. The van der Waals surface area contributed by atoms with Crippen LogP contribution in [0.25, 0.3) is 10.9 Å². The number of hydrogen-bond donors (Lipinski definition) is 2. The Bertz CT molecular complexity index is 644. The van der Waals surface area contributed by atoms with Gasteiger partial charge in [0.2, 0.25) is 0 Å². The molecule has 1 aromatic heterocycles. The van der Waals surface area contributed by atoms with Crippen molar-refractivity contribution in [2.75, 3.05) is 13.1 Å². The highest BCUT2D eigenvalue weighted by atomic mass is 32.1. The molecular weight excluding hydrogens is 208 g/mol. The Balaban J connectivity index is 2.60. The predicted molar refractivity (Wildman–Crippen MR) is 60.2 cm³/mol. The molecular formula is C10H10N4S. The fraction of sp³-hybridized carbons (Fsp3) is 0.200. The zero-order valence-corrected chi connectivity index (χ0v) is 8.84. The van der Waals surface area contributed by atoms with Crippen LogP contribution < -0.4 is 10.7 Å². The Kier molecular flexibility index (Phi) is 2.03. The van der Waals surface area contributed by atoms with Gasteiger partial charge in [-0.1, -0.05) is 11.5 Å².